The Hall–Kier alpha value is -1.60. The number of thiazole rings is 1. The van der Waals surface area contributed by atoms with Crippen LogP contribution in [0.4, 0.5) is 4.39 Å². The second kappa shape index (κ2) is 4.82. The van der Waals surface area contributed by atoms with Gasteiger partial charge in [0.2, 0.25) is 0 Å². The first-order valence-corrected chi connectivity index (χ1v) is 7.10. The molecule has 0 radical (unpaired) electrons. The van der Waals surface area contributed by atoms with E-state index in [9.17, 15) is 9.18 Å². The number of aromatic nitrogens is 3. The maximum atomic E-state index is 13.7. The Balaban J connectivity index is 2.18. The van der Waals surface area contributed by atoms with Crippen LogP contribution in [0.15, 0.2) is 38.6 Å². The smallest absolute Gasteiger partial charge is 0.261 e. The molecule has 0 fully saturated rings. The SMILES string of the molecule is O=c1c2cc(Br)cc(F)c2ncn1Cc1cscn1. The number of hydrogen-bond donors (Lipinski definition) is 0. The summed E-state index contributed by atoms with van der Waals surface area (Å²) in [6, 6.07) is 2.87. The van der Waals surface area contributed by atoms with Gasteiger partial charge in [0.05, 0.1) is 29.5 Å². The molecule has 0 unspecified atom stereocenters. The van der Waals surface area contributed by atoms with Crippen LogP contribution in [0.5, 0.6) is 0 Å². The molecule has 0 aliphatic rings. The zero-order valence-electron chi connectivity index (χ0n) is 9.51. The van der Waals surface area contributed by atoms with E-state index >= 15 is 0 Å². The van der Waals surface area contributed by atoms with Gasteiger partial charge < -0.3 is 0 Å². The Morgan fingerprint density at radius 1 is 1.37 bits per heavy atom. The molecule has 0 spiro atoms. The summed E-state index contributed by atoms with van der Waals surface area (Å²) in [6.45, 7) is 0.333. The van der Waals surface area contributed by atoms with Crippen molar-refractivity contribution in [1.29, 1.82) is 0 Å². The highest BCUT2D eigenvalue weighted by Gasteiger charge is 2.10. The fraction of sp³-hybridized carbons (Fsp3) is 0.0833. The quantitative estimate of drug-likeness (QED) is 0.721. The lowest BCUT2D eigenvalue weighted by Crippen LogP contribution is -2.21. The van der Waals surface area contributed by atoms with Crippen LogP contribution >= 0.6 is 27.3 Å². The van der Waals surface area contributed by atoms with Crippen LogP contribution in [-0.2, 0) is 6.54 Å². The van der Waals surface area contributed by atoms with Gasteiger partial charge in [-0.05, 0) is 12.1 Å². The van der Waals surface area contributed by atoms with Crippen molar-refractivity contribution in [3.63, 3.8) is 0 Å². The molecule has 2 heterocycles. The van der Waals surface area contributed by atoms with Gasteiger partial charge in [-0.3, -0.25) is 9.36 Å². The van der Waals surface area contributed by atoms with E-state index in [2.05, 4.69) is 25.9 Å². The average Bonchev–Trinajstić information content (AvgIpc) is 2.86. The van der Waals surface area contributed by atoms with Crippen molar-refractivity contribution in [1.82, 2.24) is 14.5 Å². The number of fused-ring (bicyclic) bond motifs is 1. The lowest BCUT2D eigenvalue weighted by molar-refractivity contribution is 0.633. The van der Waals surface area contributed by atoms with Gasteiger partial charge in [-0.25, -0.2) is 14.4 Å². The third-order valence-electron chi connectivity index (χ3n) is 2.66. The fourth-order valence-electron chi connectivity index (χ4n) is 1.80. The Bertz CT molecular complexity index is 801. The molecule has 0 N–H and O–H groups in total. The molecular weight excluding hydrogens is 333 g/mol. The molecule has 4 nitrogen and oxygen atoms in total. The molecule has 3 rings (SSSR count). The van der Waals surface area contributed by atoms with Gasteiger partial charge in [-0.2, -0.15) is 0 Å². The summed E-state index contributed by atoms with van der Waals surface area (Å²) in [4.78, 5) is 20.4. The molecular formula is C12H7BrFN3OS. The first-order chi connectivity index (χ1) is 9.15. The Labute approximate surface area is 119 Å². The van der Waals surface area contributed by atoms with Gasteiger partial charge in [0.25, 0.3) is 5.56 Å². The summed E-state index contributed by atoms with van der Waals surface area (Å²) in [6.07, 6.45) is 1.35. The van der Waals surface area contributed by atoms with Crippen LogP contribution in [-0.4, -0.2) is 14.5 Å². The molecule has 1 aromatic carbocycles. The highest BCUT2D eigenvalue weighted by molar-refractivity contribution is 9.10. The van der Waals surface area contributed by atoms with Crippen molar-refractivity contribution in [2.24, 2.45) is 0 Å². The molecule has 0 saturated carbocycles. The summed E-state index contributed by atoms with van der Waals surface area (Å²) >= 11 is 4.63. The molecule has 0 saturated heterocycles. The van der Waals surface area contributed by atoms with Gasteiger partial charge in [0.1, 0.15) is 5.52 Å². The van der Waals surface area contributed by atoms with Crippen molar-refractivity contribution >= 4 is 38.2 Å². The highest BCUT2D eigenvalue weighted by Crippen LogP contribution is 2.19. The normalized spacial score (nSPS) is 11.1. The fourth-order valence-corrected chi connectivity index (χ4v) is 2.78. The lowest BCUT2D eigenvalue weighted by Gasteiger charge is -2.05. The third-order valence-corrected chi connectivity index (χ3v) is 3.75. The van der Waals surface area contributed by atoms with Gasteiger partial charge in [-0.15, -0.1) is 11.3 Å². The van der Waals surface area contributed by atoms with E-state index in [0.717, 1.165) is 5.69 Å². The third kappa shape index (κ3) is 2.31. The van der Waals surface area contributed by atoms with Crippen LogP contribution in [0.25, 0.3) is 10.9 Å². The first-order valence-electron chi connectivity index (χ1n) is 5.36. The van der Waals surface area contributed by atoms with E-state index < -0.39 is 5.82 Å². The number of benzene rings is 1. The monoisotopic (exact) mass is 339 g/mol. The number of halogens is 2. The van der Waals surface area contributed by atoms with Crippen LogP contribution < -0.4 is 5.56 Å². The summed E-state index contributed by atoms with van der Waals surface area (Å²) in [7, 11) is 0. The van der Waals surface area contributed by atoms with E-state index in [-0.39, 0.29) is 16.5 Å². The highest BCUT2D eigenvalue weighted by atomic mass is 79.9. The number of rotatable bonds is 2. The average molecular weight is 340 g/mol. The molecule has 0 aliphatic carbocycles. The van der Waals surface area contributed by atoms with E-state index in [4.69, 9.17) is 0 Å². The largest absolute Gasteiger partial charge is 0.293 e. The topological polar surface area (TPSA) is 47.8 Å². The van der Waals surface area contributed by atoms with Crippen molar-refractivity contribution < 1.29 is 4.39 Å². The summed E-state index contributed by atoms with van der Waals surface area (Å²) in [5.74, 6) is -0.512. The van der Waals surface area contributed by atoms with E-state index in [0.29, 0.717) is 11.0 Å². The van der Waals surface area contributed by atoms with Crippen LogP contribution in [0.2, 0.25) is 0 Å². The number of hydrogen-bond acceptors (Lipinski definition) is 4. The lowest BCUT2D eigenvalue weighted by atomic mass is 10.2. The van der Waals surface area contributed by atoms with Crippen molar-refractivity contribution in [2.75, 3.05) is 0 Å². The molecule has 0 aliphatic heterocycles. The first kappa shape index (κ1) is 12.4. The molecule has 7 heteroatoms. The molecule has 96 valence electrons. The Kier molecular flexibility index (Phi) is 3.16. The standard InChI is InChI=1S/C12H7BrFN3OS/c13-7-1-9-11(10(14)2-7)15-5-17(12(9)18)3-8-4-19-6-16-8/h1-2,4-6H,3H2. The zero-order chi connectivity index (χ0) is 13.4. The number of nitrogens with zero attached hydrogens (tertiary/aromatic N) is 3. The second-order valence-corrected chi connectivity index (χ2v) is 5.58. The van der Waals surface area contributed by atoms with Crippen LogP contribution in [0, 0.1) is 5.82 Å². The van der Waals surface area contributed by atoms with E-state index in [1.165, 1.54) is 28.3 Å². The summed E-state index contributed by atoms with van der Waals surface area (Å²) < 4.78 is 15.6. The molecule has 3 aromatic rings. The maximum absolute atomic E-state index is 13.7. The molecule has 0 amide bonds. The molecule has 2 aromatic heterocycles. The van der Waals surface area contributed by atoms with Gasteiger partial charge in [0, 0.05) is 9.85 Å². The van der Waals surface area contributed by atoms with Crippen molar-refractivity contribution in [2.45, 2.75) is 6.54 Å². The van der Waals surface area contributed by atoms with Gasteiger partial charge in [-0.1, -0.05) is 15.9 Å². The second-order valence-electron chi connectivity index (χ2n) is 3.94. The minimum atomic E-state index is -0.512. The minimum absolute atomic E-state index is 0.0859. The Morgan fingerprint density at radius 2 is 2.21 bits per heavy atom. The van der Waals surface area contributed by atoms with E-state index in [1.54, 1.807) is 11.6 Å². The van der Waals surface area contributed by atoms with Crippen LogP contribution in [0.3, 0.4) is 0 Å². The van der Waals surface area contributed by atoms with Gasteiger partial charge in [0.15, 0.2) is 5.82 Å². The van der Waals surface area contributed by atoms with E-state index in [1.807, 2.05) is 5.38 Å². The van der Waals surface area contributed by atoms with Crippen molar-refractivity contribution in [3.05, 3.63) is 55.7 Å². The predicted molar refractivity (Wildman–Crippen MR) is 74.9 cm³/mol. The van der Waals surface area contributed by atoms with Crippen molar-refractivity contribution in [3.8, 4) is 0 Å². The predicted octanol–water partition coefficient (Wildman–Crippen LogP) is 2.80. The minimum Gasteiger partial charge on any atom is -0.293 e. The summed E-state index contributed by atoms with van der Waals surface area (Å²) in [5, 5.41) is 2.11. The van der Waals surface area contributed by atoms with Gasteiger partial charge >= 0.3 is 0 Å². The van der Waals surface area contributed by atoms with Crippen LogP contribution in [0.1, 0.15) is 5.69 Å². The molecule has 19 heavy (non-hydrogen) atoms. The summed E-state index contributed by atoms with van der Waals surface area (Å²) in [5.41, 5.74) is 2.29. The molecule has 0 bridgehead atoms. The maximum Gasteiger partial charge on any atom is 0.261 e. The zero-order valence-corrected chi connectivity index (χ0v) is 11.9. The Morgan fingerprint density at radius 3 is 2.95 bits per heavy atom. The molecule has 0 atom stereocenters.